The summed E-state index contributed by atoms with van der Waals surface area (Å²) in [7, 11) is 0. The third kappa shape index (κ3) is 3.01. The Hall–Kier alpha value is -2.89. The summed E-state index contributed by atoms with van der Waals surface area (Å²) in [6.45, 7) is 4.34. The van der Waals surface area contributed by atoms with Crippen molar-refractivity contribution in [1.82, 2.24) is 20.3 Å². The van der Waals surface area contributed by atoms with Crippen LogP contribution >= 0.6 is 0 Å². The van der Waals surface area contributed by atoms with Gasteiger partial charge in [0.25, 0.3) is 5.91 Å². The Morgan fingerprint density at radius 2 is 2.09 bits per heavy atom. The number of nitrogens with two attached hydrogens (primary N) is 1. The van der Waals surface area contributed by atoms with Crippen molar-refractivity contribution < 1.29 is 4.79 Å². The van der Waals surface area contributed by atoms with Gasteiger partial charge in [0.15, 0.2) is 0 Å². The predicted molar refractivity (Wildman–Crippen MR) is 90.3 cm³/mol. The molecule has 0 bridgehead atoms. The van der Waals surface area contributed by atoms with Crippen molar-refractivity contribution in [3.63, 3.8) is 0 Å². The second-order valence-corrected chi connectivity index (χ2v) is 5.51. The third-order valence-electron chi connectivity index (χ3n) is 3.93. The fourth-order valence-electron chi connectivity index (χ4n) is 2.76. The maximum Gasteiger partial charge on any atom is 0.254 e. The number of rotatable bonds is 4. The fraction of sp³-hybridized carbons (Fsp3) is 0.235. The standard InChI is InChI=1S/C17H19N5O/c1-10-12(13-5-3-4-6-15(13)21-10)7-8-19-16(23)14-9-20-17(18)22-11(14)2/h3-6,9,21H,7-8H2,1-2H3,(H,19,23)(H2,18,20,22). The molecule has 0 saturated heterocycles. The molecule has 6 nitrogen and oxygen atoms in total. The molecular weight excluding hydrogens is 290 g/mol. The highest BCUT2D eigenvalue weighted by Crippen LogP contribution is 2.21. The Labute approximate surface area is 134 Å². The molecule has 0 atom stereocenters. The largest absolute Gasteiger partial charge is 0.368 e. The molecule has 0 saturated carbocycles. The van der Waals surface area contributed by atoms with Crippen LogP contribution in [-0.4, -0.2) is 27.4 Å². The molecule has 23 heavy (non-hydrogen) atoms. The number of aromatic nitrogens is 3. The zero-order chi connectivity index (χ0) is 16.4. The van der Waals surface area contributed by atoms with Gasteiger partial charge in [0.05, 0.1) is 11.3 Å². The maximum atomic E-state index is 12.2. The third-order valence-corrected chi connectivity index (χ3v) is 3.93. The average Bonchev–Trinajstić information content (AvgIpc) is 2.83. The number of amides is 1. The van der Waals surface area contributed by atoms with Gasteiger partial charge in [-0.1, -0.05) is 18.2 Å². The lowest BCUT2D eigenvalue weighted by Crippen LogP contribution is -2.27. The molecule has 0 spiro atoms. The molecule has 0 fully saturated rings. The van der Waals surface area contributed by atoms with Crippen LogP contribution in [0, 0.1) is 13.8 Å². The van der Waals surface area contributed by atoms with Crippen LogP contribution in [0.3, 0.4) is 0 Å². The van der Waals surface area contributed by atoms with Gasteiger partial charge in [0, 0.05) is 29.3 Å². The molecule has 1 amide bonds. The molecule has 0 aliphatic heterocycles. The topological polar surface area (TPSA) is 96.7 Å². The predicted octanol–water partition coefficient (Wildman–Crippen LogP) is 2.13. The molecule has 3 aromatic rings. The molecule has 1 aromatic carbocycles. The van der Waals surface area contributed by atoms with Gasteiger partial charge in [-0.25, -0.2) is 9.97 Å². The Kier molecular flexibility index (Phi) is 3.97. The quantitative estimate of drug-likeness (QED) is 0.688. The highest BCUT2D eigenvalue weighted by Gasteiger charge is 2.12. The van der Waals surface area contributed by atoms with Crippen LogP contribution in [0.4, 0.5) is 5.95 Å². The molecule has 0 unspecified atom stereocenters. The van der Waals surface area contributed by atoms with Crippen LogP contribution in [0.25, 0.3) is 10.9 Å². The Balaban J connectivity index is 1.69. The number of carbonyl (C=O) groups excluding carboxylic acids is 1. The van der Waals surface area contributed by atoms with Crippen LogP contribution in [0.15, 0.2) is 30.5 Å². The second kappa shape index (κ2) is 6.08. The number of aryl methyl sites for hydroxylation is 2. The van der Waals surface area contributed by atoms with Gasteiger partial charge >= 0.3 is 0 Å². The van der Waals surface area contributed by atoms with Crippen LogP contribution in [0.1, 0.15) is 27.3 Å². The first kappa shape index (κ1) is 15.0. The molecular formula is C17H19N5O. The van der Waals surface area contributed by atoms with E-state index in [1.54, 1.807) is 6.92 Å². The fourth-order valence-corrected chi connectivity index (χ4v) is 2.76. The van der Waals surface area contributed by atoms with E-state index in [0.717, 1.165) is 17.6 Å². The van der Waals surface area contributed by atoms with E-state index in [0.29, 0.717) is 17.8 Å². The lowest BCUT2D eigenvalue weighted by Gasteiger charge is -2.07. The smallest absolute Gasteiger partial charge is 0.254 e. The lowest BCUT2D eigenvalue weighted by molar-refractivity contribution is 0.0952. The number of benzene rings is 1. The number of hydrogen-bond donors (Lipinski definition) is 3. The Morgan fingerprint density at radius 3 is 2.87 bits per heavy atom. The number of H-pyrrole nitrogens is 1. The minimum atomic E-state index is -0.181. The van der Waals surface area contributed by atoms with Gasteiger partial charge in [-0.15, -0.1) is 0 Å². The monoisotopic (exact) mass is 309 g/mol. The van der Waals surface area contributed by atoms with Crippen molar-refractivity contribution in [3.05, 3.63) is 53.0 Å². The molecule has 0 aliphatic rings. The summed E-state index contributed by atoms with van der Waals surface area (Å²) in [5.74, 6) is -0.00605. The van der Waals surface area contributed by atoms with Crippen molar-refractivity contribution in [1.29, 1.82) is 0 Å². The van der Waals surface area contributed by atoms with Crippen molar-refractivity contribution >= 4 is 22.8 Å². The normalized spacial score (nSPS) is 10.9. The van der Waals surface area contributed by atoms with Crippen LogP contribution in [0.2, 0.25) is 0 Å². The molecule has 2 aromatic heterocycles. The summed E-state index contributed by atoms with van der Waals surface area (Å²) >= 11 is 0. The van der Waals surface area contributed by atoms with Gasteiger partial charge < -0.3 is 16.0 Å². The molecule has 118 valence electrons. The zero-order valence-electron chi connectivity index (χ0n) is 13.2. The number of para-hydroxylation sites is 1. The van der Waals surface area contributed by atoms with Crippen molar-refractivity contribution in [3.8, 4) is 0 Å². The van der Waals surface area contributed by atoms with Gasteiger partial charge in [-0.2, -0.15) is 0 Å². The average molecular weight is 309 g/mol. The highest BCUT2D eigenvalue weighted by atomic mass is 16.1. The summed E-state index contributed by atoms with van der Waals surface area (Å²) in [5.41, 5.74) is 10.0. The highest BCUT2D eigenvalue weighted by molar-refractivity contribution is 5.95. The number of fused-ring (bicyclic) bond motifs is 1. The van der Waals surface area contributed by atoms with E-state index in [-0.39, 0.29) is 11.9 Å². The number of carbonyl (C=O) groups is 1. The van der Waals surface area contributed by atoms with E-state index in [1.807, 2.05) is 12.1 Å². The van der Waals surface area contributed by atoms with E-state index in [2.05, 4.69) is 39.3 Å². The molecule has 0 radical (unpaired) electrons. The van der Waals surface area contributed by atoms with Gasteiger partial charge in [-0.05, 0) is 31.9 Å². The molecule has 0 aliphatic carbocycles. The number of hydrogen-bond acceptors (Lipinski definition) is 4. The number of aromatic amines is 1. The number of nitrogens with zero attached hydrogens (tertiary/aromatic N) is 2. The molecule has 4 N–H and O–H groups in total. The van der Waals surface area contributed by atoms with Crippen molar-refractivity contribution in [2.24, 2.45) is 0 Å². The van der Waals surface area contributed by atoms with Crippen molar-refractivity contribution in [2.45, 2.75) is 20.3 Å². The first-order chi connectivity index (χ1) is 11.1. The van der Waals surface area contributed by atoms with E-state index in [1.165, 1.54) is 17.1 Å². The van der Waals surface area contributed by atoms with Gasteiger partial charge in [0.2, 0.25) is 5.95 Å². The van der Waals surface area contributed by atoms with E-state index >= 15 is 0 Å². The van der Waals surface area contributed by atoms with Crippen molar-refractivity contribution in [2.75, 3.05) is 12.3 Å². The first-order valence-corrected chi connectivity index (χ1v) is 7.49. The number of nitrogens with one attached hydrogen (secondary N) is 2. The number of anilines is 1. The number of nitrogen functional groups attached to an aromatic ring is 1. The molecule has 6 heteroatoms. The van der Waals surface area contributed by atoms with Gasteiger partial charge in [0.1, 0.15) is 0 Å². The zero-order valence-corrected chi connectivity index (χ0v) is 13.2. The van der Waals surface area contributed by atoms with Gasteiger partial charge in [-0.3, -0.25) is 4.79 Å². The summed E-state index contributed by atoms with van der Waals surface area (Å²) in [6, 6.07) is 8.17. The minimum Gasteiger partial charge on any atom is -0.368 e. The summed E-state index contributed by atoms with van der Waals surface area (Å²) in [5, 5.41) is 4.12. The van der Waals surface area contributed by atoms with Crippen LogP contribution < -0.4 is 11.1 Å². The first-order valence-electron chi connectivity index (χ1n) is 7.49. The summed E-state index contributed by atoms with van der Waals surface area (Å²) < 4.78 is 0. The van der Waals surface area contributed by atoms with E-state index in [4.69, 9.17) is 5.73 Å². The summed E-state index contributed by atoms with van der Waals surface area (Å²) in [4.78, 5) is 23.5. The molecule has 3 rings (SSSR count). The molecule has 2 heterocycles. The SMILES string of the molecule is Cc1nc(N)ncc1C(=O)NCCc1c(C)[nH]c2ccccc12. The summed E-state index contributed by atoms with van der Waals surface area (Å²) in [6.07, 6.45) is 2.22. The minimum absolute atomic E-state index is 0.175. The van der Waals surface area contributed by atoms with Crippen LogP contribution in [0.5, 0.6) is 0 Å². The second-order valence-electron chi connectivity index (χ2n) is 5.51. The lowest BCUT2D eigenvalue weighted by atomic mass is 10.1. The Bertz CT molecular complexity index is 869. The van der Waals surface area contributed by atoms with Crippen LogP contribution in [-0.2, 0) is 6.42 Å². The Morgan fingerprint density at radius 1 is 1.30 bits per heavy atom. The van der Waals surface area contributed by atoms with E-state index < -0.39 is 0 Å². The maximum absolute atomic E-state index is 12.2. The van der Waals surface area contributed by atoms with E-state index in [9.17, 15) is 4.79 Å².